The van der Waals surface area contributed by atoms with Gasteiger partial charge in [-0.05, 0) is 38.0 Å². The molecule has 118 valence electrons. The van der Waals surface area contributed by atoms with E-state index < -0.39 is 0 Å². The molecular weight excluding hydrogens is 272 g/mol. The van der Waals surface area contributed by atoms with E-state index in [2.05, 4.69) is 60.7 Å². The van der Waals surface area contributed by atoms with Crippen LogP contribution in [0.15, 0.2) is 43.4 Å². The fourth-order valence-electron chi connectivity index (χ4n) is 2.51. The molecule has 0 saturated carbocycles. The summed E-state index contributed by atoms with van der Waals surface area (Å²) in [6.45, 7) is 13.0. The smallest absolute Gasteiger partial charge is 0.0638 e. The lowest BCUT2D eigenvalue weighted by atomic mass is 10.1. The first-order chi connectivity index (χ1) is 10.6. The van der Waals surface area contributed by atoms with E-state index in [0.717, 1.165) is 31.7 Å². The molecule has 1 atom stereocenters. The Hall–Kier alpha value is -1.94. The molecule has 2 aromatic heterocycles. The molecule has 0 unspecified atom stereocenters. The molecule has 2 aromatic rings. The lowest BCUT2D eigenvalue weighted by Crippen LogP contribution is -2.31. The summed E-state index contributed by atoms with van der Waals surface area (Å²) in [5.41, 5.74) is 3.69. The van der Waals surface area contributed by atoms with Crippen LogP contribution in [0.5, 0.6) is 0 Å². The second-order valence-electron chi connectivity index (χ2n) is 5.77. The molecule has 0 spiro atoms. The van der Waals surface area contributed by atoms with Crippen molar-refractivity contribution in [2.24, 2.45) is 0 Å². The third-order valence-corrected chi connectivity index (χ3v) is 4.09. The Morgan fingerprint density at radius 1 is 1.32 bits per heavy atom. The number of aromatic nitrogens is 3. The quantitative estimate of drug-likeness (QED) is 0.699. The van der Waals surface area contributed by atoms with Crippen molar-refractivity contribution in [3.63, 3.8) is 0 Å². The van der Waals surface area contributed by atoms with Gasteiger partial charge in [0.1, 0.15) is 0 Å². The number of allylic oxidation sites excluding steroid dienone is 1. The molecule has 4 heteroatoms. The van der Waals surface area contributed by atoms with Crippen LogP contribution in [0.3, 0.4) is 0 Å². The van der Waals surface area contributed by atoms with Crippen LogP contribution in [0.1, 0.15) is 37.1 Å². The first-order valence-electron chi connectivity index (χ1n) is 7.90. The van der Waals surface area contributed by atoms with E-state index in [0.29, 0.717) is 6.04 Å². The van der Waals surface area contributed by atoms with Gasteiger partial charge in [0.2, 0.25) is 0 Å². The zero-order valence-corrected chi connectivity index (χ0v) is 13.9. The Morgan fingerprint density at radius 2 is 2.05 bits per heavy atom. The minimum Gasteiger partial charge on any atom is -0.292 e. The molecule has 2 heterocycles. The molecule has 0 aliphatic carbocycles. The molecule has 0 amide bonds. The van der Waals surface area contributed by atoms with Crippen molar-refractivity contribution in [3.05, 3.63) is 60.2 Å². The monoisotopic (exact) mass is 298 g/mol. The van der Waals surface area contributed by atoms with E-state index in [-0.39, 0.29) is 0 Å². The van der Waals surface area contributed by atoms with Crippen molar-refractivity contribution in [3.8, 4) is 0 Å². The van der Waals surface area contributed by atoms with Crippen LogP contribution in [0.25, 0.3) is 0 Å². The number of rotatable bonds is 8. The van der Waals surface area contributed by atoms with Crippen LogP contribution in [0, 0.1) is 6.92 Å². The highest BCUT2D eigenvalue weighted by Gasteiger charge is 2.16. The van der Waals surface area contributed by atoms with Crippen molar-refractivity contribution in [1.29, 1.82) is 0 Å². The van der Waals surface area contributed by atoms with E-state index in [1.54, 1.807) is 0 Å². The number of hydrogen-bond acceptors (Lipinski definition) is 3. The molecule has 0 fully saturated rings. The fourth-order valence-corrected chi connectivity index (χ4v) is 2.51. The lowest BCUT2D eigenvalue weighted by Gasteiger charge is -2.28. The summed E-state index contributed by atoms with van der Waals surface area (Å²) in [4.78, 5) is 6.60. The summed E-state index contributed by atoms with van der Waals surface area (Å²) in [6.07, 6.45) is 8.86. The normalized spacial score (nSPS) is 12.5. The van der Waals surface area contributed by atoms with Gasteiger partial charge in [0.15, 0.2) is 0 Å². The van der Waals surface area contributed by atoms with Gasteiger partial charge in [-0.15, -0.1) is 6.58 Å². The van der Waals surface area contributed by atoms with E-state index in [9.17, 15) is 0 Å². The zero-order chi connectivity index (χ0) is 15.9. The van der Waals surface area contributed by atoms with Crippen molar-refractivity contribution in [1.82, 2.24) is 19.7 Å². The molecule has 0 N–H and O–H groups in total. The minimum atomic E-state index is 0.523. The van der Waals surface area contributed by atoms with Crippen molar-refractivity contribution in [2.45, 2.75) is 52.9 Å². The van der Waals surface area contributed by atoms with Gasteiger partial charge in [0, 0.05) is 43.3 Å². The second kappa shape index (κ2) is 7.90. The Morgan fingerprint density at radius 3 is 2.68 bits per heavy atom. The Balaban J connectivity index is 2.14. The van der Waals surface area contributed by atoms with Gasteiger partial charge in [-0.1, -0.05) is 13.0 Å². The Labute approximate surface area is 133 Å². The van der Waals surface area contributed by atoms with E-state index >= 15 is 0 Å². The number of aryl methyl sites for hydroxylation is 1. The zero-order valence-electron chi connectivity index (χ0n) is 13.9. The van der Waals surface area contributed by atoms with Crippen LogP contribution in [-0.4, -0.2) is 25.7 Å². The van der Waals surface area contributed by atoms with Gasteiger partial charge < -0.3 is 0 Å². The van der Waals surface area contributed by atoms with Crippen molar-refractivity contribution in [2.75, 3.05) is 0 Å². The van der Waals surface area contributed by atoms with Gasteiger partial charge in [-0.25, -0.2) is 0 Å². The molecule has 22 heavy (non-hydrogen) atoms. The Kier molecular flexibility index (Phi) is 5.90. The predicted molar refractivity (Wildman–Crippen MR) is 90.4 cm³/mol. The average Bonchev–Trinajstić information content (AvgIpc) is 2.87. The van der Waals surface area contributed by atoms with Crippen LogP contribution >= 0.6 is 0 Å². The summed E-state index contributed by atoms with van der Waals surface area (Å²) in [6, 6.07) is 4.70. The standard InChI is InChI=1S/C18H26N4/c1-5-11-22-14-18(16(4)20-22)13-21(15(3)6-2)12-17-7-9-19-10-8-17/h5,7-10,14-15H,1,6,11-13H2,2-4H3/t15-/m1/s1. The summed E-state index contributed by atoms with van der Waals surface area (Å²) in [5, 5.41) is 4.55. The molecule has 4 nitrogen and oxygen atoms in total. The third kappa shape index (κ3) is 4.28. The SMILES string of the molecule is C=CCn1cc(CN(Cc2ccncc2)[C@H](C)CC)c(C)n1. The third-order valence-electron chi connectivity index (χ3n) is 4.09. The van der Waals surface area contributed by atoms with Gasteiger partial charge >= 0.3 is 0 Å². The maximum Gasteiger partial charge on any atom is 0.0638 e. The molecule has 0 bridgehead atoms. The van der Waals surface area contributed by atoms with Crippen molar-refractivity contribution < 1.29 is 0 Å². The Bertz CT molecular complexity index is 588. The molecule has 2 rings (SSSR count). The number of nitrogens with zero attached hydrogens (tertiary/aromatic N) is 4. The highest BCUT2D eigenvalue weighted by Crippen LogP contribution is 2.16. The summed E-state index contributed by atoms with van der Waals surface area (Å²) < 4.78 is 1.96. The van der Waals surface area contributed by atoms with Crippen molar-refractivity contribution >= 4 is 0 Å². The first-order valence-corrected chi connectivity index (χ1v) is 7.90. The topological polar surface area (TPSA) is 34.0 Å². The molecule has 0 aliphatic rings. The lowest BCUT2D eigenvalue weighted by molar-refractivity contribution is 0.185. The van der Waals surface area contributed by atoms with Crippen LogP contribution in [0.2, 0.25) is 0 Å². The fraction of sp³-hybridized carbons (Fsp3) is 0.444. The van der Waals surface area contributed by atoms with Crippen LogP contribution in [0.4, 0.5) is 0 Å². The largest absolute Gasteiger partial charge is 0.292 e. The van der Waals surface area contributed by atoms with E-state index in [4.69, 9.17) is 0 Å². The first kappa shape index (κ1) is 16.4. The highest BCUT2D eigenvalue weighted by molar-refractivity contribution is 5.17. The molecule has 0 radical (unpaired) electrons. The van der Waals surface area contributed by atoms with Crippen LogP contribution in [-0.2, 0) is 19.6 Å². The summed E-state index contributed by atoms with van der Waals surface area (Å²) >= 11 is 0. The molecule has 0 aromatic carbocycles. The van der Waals surface area contributed by atoms with E-state index in [1.807, 2.05) is 23.2 Å². The van der Waals surface area contributed by atoms with E-state index in [1.165, 1.54) is 11.1 Å². The molecule has 0 saturated heterocycles. The second-order valence-corrected chi connectivity index (χ2v) is 5.77. The number of hydrogen-bond donors (Lipinski definition) is 0. The van der Waals surface area contributed by atoms with Gasteiger partial charge in [-0.3, -0.25) is 14.6 Å². The maximum atomic E-state index is 4.55. The van der Waals surface area contributed by atoms with Gasteiger partial charge in [-0.2, -0.15) is 5.10 Å². The average molecular weight is 298 g/mol. The maximum absolute atomic E-state index is 4.55. The molecule has 0 aliphatic heterocycles. The predicted octanol–water partition coefficient (Wildman–Crippen LogP) is 3.57. The van der Waals surface area contributed by atoms with Crippen LogP contribution < -0.4 is 0 Å². The molecular formula is C18H26N4. The highest BCUT2D eigenvalue weighted by atomic mass is 15.3. The summed E-state index contributed by atoms with van der Waals surface area (Å²) in [7, 11) is 0. The summed E-state index contributed by atoms with van der Waals surface area (Å²) in [5.74, 6) is 0. The van der Waals surface area contributed by atoms with Gasteiger partial charge in [0.25, 0.3) is 0 Å². The number of pyridine rings is 1. The van der Waals surface area contributed by atoms with Gasteiger partial charge in [0.05, 0.1) is 12.2 Å². The minimum absolute atomic E-state index is 0.523.